The van der Waals surface area contributed by atoms with E-state index in [0.29, 0.717) is 11.7 Å². The fraction of sp³-hybridized carbons (Fsp3) is 0.538. The third kappa shape index (κ3) is 2.36. The summed E-state index contributed by atoms with van der Waals surface area (Å²) in [6.45, 7) is 2.25. The molecule has 1 aromatic carbocycles. The molecule has 4 heteroatoms. The molecule has 1 heterocycles. The molecule has 1 unspecified atom stereocenters. The van der Waals surface area contributed by atoms with E-state index >= 15 is 0 Å². The first-order chi connectivity index (χ1) is 8.22. The number of anilines is 2. The van der Waals surface area contributed by atoms with Crippen LogP contribution < -0.4 is 11.1 Å². The van der Waals surface area contributed by atoms with Crippen molar-refractivity contribution in [1.82, 2.24) is 4.90 Å². The SMILES string of the molecule is Nc1cc(F)ccc1NC1CCN(C2CC2)C1. The predicted molar refractivity (Wildman–Crippen MR) is 67.4 cm³/mol. The molecule has 1 aromatic rings. The molecule has 1 aliphatic carbocycles. The van der Waals surface area contributed by atoms with Gasteiger partial charge in [-0.1, -0.05) is 0 Å². The minimum Gasteiger partial charge on any atom is -0.397 e. The number of likely N-dealkylation sites (tertiary alicyclic amines) is 1. The Morgan fingerprint density at radius 3 is 2.82 bits per heavy atom. The van der Waals surface area contributed by atoms with Crippen LogP contribution in [-0.2, 0) is 0 Å². The summed E-state index contributed by atoms with van der Waals surface area (Å²) in [4.78, 5) is 2.54. The van der Waals surface area contributed by atoms with Gasteiger partial charge in [-0.25, -0.2) is 4.39 Å². The fourth-order valence-electron chi connectivity index (χ4n) is 2.56. The van der Waals surface area contributed by atoms with E-state index in [0.717, 1.165) is 24.7 Å². The van der Waals surface area contributed by atoms with Crippen LogP contribution in [0, 0.1) is 5.82 Å². The number of rotatable bonds is 3. The van der Waals surface area contributed by atoms with Crippen molar-refractivity contribution < 1.29 is 4.39 Å². The maximum Gasteiger partial charge on any atom is 0.125 e. The van der Waals surface area contributed by atoms with Crippen molar-refractivity contribution in [1.29, 1.82) is 0 Å². The average Bonchev–Trinajstić information content (AvgIpc) is 3.04. The van der Waals surface area contributed by atoms with Gasteiger partial charge in [-0.3, -0.25) is 4.90 Å². The third-order valence-electron chi connectivity index (χ3n) is 3.66. The van der Waals surface area contributed by atoms with E-state index in [9.17, 15) is 4.39 Å². The van der Waals surface area contributed by atoms with E-state index in [1.165, 1.54) is 31.5 Å². The number of benzene rings is 1. The smallest absolute Gasteiger partial charge is 0.125 e. The van der Waals surface area contributed by atoms with Gasteiger partial charge in [0.25, 0.3) is 0 Å². The summed E-state index contributed by atoms with van der Waals surface area (Å²) >= 11 is 0. The van der Waals surface area contributed by atoms with E-state index in [1.807, 2.05) is 0 Å². The highest BCUT2D eigenvalue weighted by molar-refractivity contribution is 5.66. The Labute approximate surface area is 101 Å². The van der Waals surface area contributed by atoms with E-state index in [2.05, 4.69) is 10.2 Å². The largest absolute Gasteiger partial charge is 0.397 e. The molecule has 3 nitrogen and oxygen atoms in total. The molecule has 1 atom stereocenters. The van der Waals surface area contributed by atoms with Crippen LogP contribution in [0.5, 0.6) is 0 Å². The highest BCUT2D eigenvalue weighted by Crippen LogP contribution is 2.31. The van der Waals surface area contributed by atoms with Crippen molar-refractivity contribution in [3.63, 3.8) is 0 Å². The van der Waals surface area contributed by atoms with E-state index < -0.39 is 0 Å². The molecule has 0 spiro atoms. The summed E-state index contributed by atoms with van der Waals surface area (Å²) in [6.07, 6.45) is 3.85. The van der Waals surface area contributed by atoms with Gasteiger partial charge in [-0.15, -0.1) is 0 Å². The molecule has 2 fully saturated rings. The molecule has 0 aromatic heterocycles. The van der Waals surface area contributed by atoms with Crippen molar-refractivity contribution in [2.45, 2.75) is 31.3 Å². The van der Waals surface area contributed by atoms with E-state index in [4.69, 9.17) is 5.73 Å². The zero-order valence-corrected chi connectivity index (χ0v) is 9.82. The highest BCUT2D eigenvalue weighted by Gasteiger charge is 2.34. The number of hydrogen-bond acceptors (Lipinski definition) is 3. The number of nitrogens with one attached hydrogen (secondary N) is 1. The van der Waals surface area contributed by atoms with Gasteiger partial charge >= 0.3 is 0 Å². The molecular weight excluding hydrogens is 217 g/mol. The maximum atomic E-state index is 12.9. The van der Waals surface area contributed by atoms with E-state index in [1.54, 1.807) is 6.07 Å². The highest BCUT2D eigenvalue weighted by atomic mass is 19.1. The number of hydrogen-bond donors (Lipinski definition) is 2. The standard InChI is InChI=1S/C13H18FN3/c14-9-1-4-13(12(15)7-9)16-10-5-6-17(8-10)11-2-3-11/h1,4,7,10-11,16H,2-3,5-6,8,15H2. The van der Waals surface area contributed by atoms with Crippen LogP contribution in [0.1, 0.15) is 19.3 Å². The maximum absolute atomic E-state index is 12.9. The van der Waals surface area contributed by atoms with Crippen molar-refractivity contribution in [2.75, 3.05) is 24.1 Å². The van der Waals surface area contributed by atoms with Crippen LogP contribution in [0.25, 0.3) is 0 Å². The normalized spacial score (nSPS) is 25.1. The lowest BCUT2D eigenvalue weighted by Gasteiger charge is -2.17. The van der Waals surface area contributed by atoms with Crippen molar-refractivity contribution >= 4 is 11.4 Å². The van der Waals surface area contributed by atoms with Gasteiger partial charge in [0.1, 0.15) is 5.82 Å². The van der Waals surface area contributed by atoms with Gasteiger partial charge < -0.3 is 11.1 Å². The number of nitrogens with two attached hydrogens (primary N) is 1. The zero-order chi connectivity index (χ0) is 11.8. The molecule has 3 N–H and O–H groups in total. The molecule has 0 bridgehead atoms. The Balaban J connectivity index is 1.63. The summed E-state index contributed by atoms with van der Waals surface area (Å²) in [5, 5.41) is 3.42. The monoisotopic (exact) mass is 235 g/mol. The summed E-state index contributed by atoms with van der Waals surface area (Å²) in [5.41, 5.74) is 7.14. The van der Waals surface area contributed by atoms with Gasteiger partial charge in [-0.05, 0) is 37.5 Å². The van der Waals surface area contributed by atoms with Crippen LogP contribution in [0.15, 0.2) is 18.2 Å². The second-order valence-corrected chi connectivity index (χ2v) is 5.09. The topological polar surface area (TPSA) is 41.3 Å². The lowest BCUT2D eigenvalue weighted by atomic mass is 10.2. The first-order valence-corrected chi connectivity index (χ1v) is 6.28. The molecule has 3 rings (SSSR count). The Hall–Kier alpha value is -1.29. The lowest BCUT2D eigenvalue weighted by Crippen LogP contribution is -2.27. The molecule has 2 aliphatic rings. The van der Waals surface area contributed by atoms with Gasteiger partial charge in [0.2, 0.25) is 0 Å². The predicted octanol–water partition coefficient (Wildman–Crippen LogP) is 2.06. The van der Waals surface area contributed by atoms with Crippen molar-refractivity contribution in [3.05, 3.63) is 24.0 Å². The molecule has 1 aliphatic heterocycles. The average molecular weight is 235 g/mol. The number of halogens is 1. The second kappa shape index (κ2) is 4.18. The van der Waals surface area contributed by atoms with Crippen LogP contribution in [0.2, 0.25) is 0 Å². The third-order valence-corrected chi connectivity index (χ3v) is 3.66. The fourth-order valence-corrected chi connectivity index (χ4v) is 2.56. The summed E-state index contributed by atoms with van der Waals surface area (Å²) in [6, 6.07) is 5.82. The first-order valence-electron chi connectivity index (χ1n) is 6.28. The number of nitrogen functional groups attached to an aromatic ring is 1. The van der Waals surface area contributed by atoms with E-state index in [-0.39, 0.29) is 5.82 Å². The molecule has 1 saturated carbocycles. The first kappa shape index (κ1) is 10.8. The Morgan fingerprint density at radius 2 is 2.12 bits per heavy atom. The summed E-state index contributed by atoms with van der Waals surface area (Å²) in [5.74, 6) is -0.279. The van der Waals surface area contributed by atoms with Crippen LogP contribution in [0.3, 0.4) is 0 Å². The van der Waals surface area contributed by atoms with Gasteiger partial charge in [0.15, 0.2) is 0 Å². The van der Waals surface area contributed by atoms with Gasteiger partial charge in [0.05, 0.1) is 11.4 Å². The van der Waals surface area contributed by atoms with Crippen molar-refractivity contribution in [3.8, 4) is 0 Å². The zero-order valence-electron chi connectivity index (χ0n) is 9.82. The quantitative estimate of drug-likeness (QED) is 0.788. The Bertz CT molecular complexity index is 417. The van der Waals surface area contributed by atoms with Crippen LogP contribution in [-0.4, -0.2) is 30.1 Å². The summed E-state index contributed by atoms with van der Waals surface area (Å²) in [7, 11) is 0. The molecule has 92 valence electrons. The Morgan fingerprint density at radius 1 is 1.29 bits per heavy atom. The lowest BCUT2D eigenvalue weighted by molar-refractivity contribution is 0.326. The summed E-state index contributed by atoms with van der Waals surface area (Å²) < 4.78 is 12.9. The molecule has 17 heavy (non-hydrogen) atoms. The molecule has 0 amide bonds. The minimum atomic E-state index is -0.279. The number of nitrogens with zero attached hydrogens (tertiary/aromatic N) is 1. The van der Waals surface area contributed by atoms with Gasteiger partial charge in [-0.2, -0.15) is 0 Å². The van der Waals surface area contributed by atoms with Crippen LogP contribution >= 0.6 is 0 Å². The van der Waals surface area contributed by atoms with Crippen molar-refractivity contribution in [2.24, 2.45) is 0 Å². The molecular formula is C13H18FN3. The van der Waals surface area contributed by atoms with Crippen LogP contribution in [0.4, 0.5) is 15.8 Å². The minimum absolute atomic E-state index is 0.279. The van der Waals surface area contributed by atoms with Gasteiger partial charge in [0, 0.05) is 25.2 Å². The molecule has 1 saturated heterocycles. The molecule has 0 radical (unpaired) electrons. The Kier molecular flexibility index (Phi) is 2.67. The second-order valence-electron chi connectivity index (χ2n) is 5.09.